The molecule has 0 radical (unpaired) electrons. The van der Waals surface area contributed by atoms with Crippen molar-refractivity contribution >= 4 is 28.4 Å². The summed E-state index contributed by atoms with van der Waals surface area (Å²) in [5.41, 5.74) is 3.53. The summed E-state index contributed by atoms with van der Waals surface area (Å²) in [6.07, 6.45) is 0. The van der Waals surface area contributed by atoms with Crippen LogP contribution in [0.1, 0.15) is 27.0 Å². The van der Waals surface area contributed by atoms with E-state index in [1.165, 1.54) is 0 Å². The molecule has 1 aliphatic rings. The number of carbonyl (C=O) groups excluding carboxylic acids is 1. The van der Waals surface area contributed by atoms with Gasteiger partial charge in [0, 0.05) is 9.13 Å². The quantitative estimate of drug-likeness (QED) is 0.604. The van der Waals surface area contributed by atoms with E-state index < -0.39 is 0 Å². The van der Waals surface area contributed by atoms with E-state index in [-0.39, 0.29) is 5.78 Å². The van der Waals surface area contributed by atoms with Crippen molar-refractivity contribution in [1.29, 1.82) is 0 Å². The Labute approximate surface area is 131 Å². The highest BCUT2D eigenvalue weighted by molar-refractivity contribution is 14.1. The lowest BCUT2D eigenvalue weighted by molar-refractivity contribution is 0.103. The highest BCUT2D eigenvalue weighted by Crippen LogP contribution is 2.26. The predicted molar refractivity (Wildman–Crippen MR) is 84.1 cm³/mol. The van der Waals surface area contributed by atoms with Gasteiger partial charge in [0.2, 0.25) is 0 Å². The van der Waals surface area contributed by atoms with Crippen LogP contribution in [-0.4, -0.2) is 12.9 Å². The summed E-state index contributed by atoms with van der Waals surface area (Å²) >= 11 is 2.19. The molecule has 1 aliphatic heterocycles. The third-order valence-corrected chi connectivity index (χ3v) is 4.06. The maximum absolute atomic E-state index is 12.7. The van der Waals surface area contributed by atoms with Crippen LogP contribution in [0.5, 0.6) is 5.75 Å². The van der Waals surface area contributed by atoms with Crippen molar-refractivity contribution in [2.24, 2.45) is 0 Å². The van der Waals surface area contributed by atoms with Gasteiger partial charge in [-0.15, -0.1) is 0 Å². The number of rotatable bonds is 3. The number of methoxy groups -OCH3 is 1. The molecule has 3 rings (SSSR count). The zero-order valence-corrected chi connectivity index (χ0v) is 13.1. The number of ether oxygens (including phenoxy) is 2. The van der Waals surface area contributed by atoms with E-state index in [1.54, 1.807) is 7.11 Å². The van der Waals surface area contributed by atoms with E-state index in [2.05, 4.69) is 22.6 Å². The highest BCUT2D eigenvalue weighted by Gasteiger charge is 2.18. The molecule has 0 saturated carbocycles. The first kappa shape index (κ1) is 13.6. The van der Waals surface area contributed by atoms with Gasteiger partial charge in [-0.05, 0) is 58.0 Å². The number of carbonyl (C=O) groups is 1. The topological polar surface area (TPSA) is 35.5 Å². The first-order valence-electron chi connectivity index (χ1n) is 6.27. The van der Waals surface area contributed by atoms with Crippen molar-refractivity contribution in [3.8, 4) is 5.75 Å². The molecular formula is C16H13IO3. The lowest BCUT2D eigenvalue weighted by Gasteiger charge is -2.09. The Morgan fingerprint density at radius 1 is 1.15 bits per heavy atom. The average Bonchev–Trinajstić information content (AvgIpc) is 2.93. The van der Waals surface area contributed by atoms with Crippen LogP contribution >= 0.6 is 22.6 Å². The van der Waals surface area contributed by atoms with Gasteiger partial charge in [-0.1, -0.05) is 12.1 Å². The molecule has 1 heterocycles. The molecule has 0 spiro atoms. The van der Waals surface area contributed by atoms with Gasteiger partial charge in [0.05, 0.1) is 25.9 Å². The van der Waals surface area contributed by atoms with Gasteiger partial charge in [0.1, 0.15) is 5.75 Å². The average molecular weight is 380 g/mol. The molecule has 0 aromatic heterocycles. The standard InChI is InChI=1S/C16H13IO3/c1-19-15-5-4-13(17)7-14(15)16(18)10-2-3-11-8-20-9-12(11)6-10/h2-7H,8-9H2,1H3. The molecule has 4 heteroatoms. The summed E-state index contributed by atoms with van der Waals surface area (Å²) in [7, 11) is 1.58. The van der Waals surface area contributed by atoms with E-state index in [0.29, 0.717) is 30.1 Å². The van der Waals surface area contributed by atoms with Gasteiger partial charge >= 0.3 is 0 Å². The third-order valence-electron chi connectivity index (χ3n) is 3.39. The second kappa shape index (κ2) is 5.54. The molecule has 0 bridgehead atoms. The Morgan fingerprint density at radius 2 is 1.95 bits per heavy atom. The van der Waals surface area contributed by atoms with Gasteiger partial charge in [-0.3, -0.25) is 4.79 Å². The number of benzene rings is 2. The molecular weight excluding hydrogens is 367 g/mol. The number of hydrogen-bond acceptors (Lipinski definition) is 3. The molecule has 0 aliphatic carbocycles. The Bertz CT molecular complexity index is 679. The lowest BCUT2D eigenvalue weighted by Crippen LogP contribution is -2.05. The summed E-state index contributed by atoms with van der Waals surface area (Å²) in [6, 6.07) is 11.3. The van der Waals surface area contributed by atoms with Crippen molar-refractivity contribution in [2.45, 2.75) is 13.2 Å². The highest BCUT2D eigenvalue weighted by atomic mass is 127. The SMILES string of the molecule is COc1ccc(I)cc1C(=O)c1ccc2c(c1)COC2. The van der Waals surface area contributed by atoms with Crippen LogP contribution in [0.4, 0.5) is 0 Å². The zero-order chi connectivity index (χ0) is 14.1. The lowest BCUT2D eigenvalue weighted by atomic mass is 9.99. The van der Waals surface area contributed by atoms with Gasteiger partial charge in [0.25, 0.3) is 0 Å². The second-order valence-corrected chi connectivity index (χ2v) is 5.90. The Kier molecular flexibility index (Phi) is 3.76. The summed E-state index contributed by atoms with van der Waals surface area (Å²) < 4.78 is 11.7. The fourth-order valence-electron chi connectivity index (χ4n) is 2.33. The molecule has 0 saturated heterocycles. The first-order valence-corrected chi connectivity index (χ1v) is 7.34. The van der Waals surface area contributed by atoms with Crippen LogP contribution in [0.25, 0.3) is 0 Å². The van der Waals surface area contributed by atoms with Crippen LogP contribution in [0.2, 0.25) is 0 Å². The fraction of sp³-hybridized carbons (Fsp3) is 0.188. The minimum Gasteiger partial charge on any atom is -0.496 e. The molecule has 0 atom stereocenters. The molecule has 2 aromatic carbocycles. The van der Waals surface area contributed by atoms with Crippen molar-refractivity contribution in [1.82, 2.24) is 0 Å². The molecule has 0 N–H and O–H groups in total. The first-order chi connectivity index (χ1) is 9.69. The van der Waals surface area contributed by atoms with E-state index in [4.69, 9.17) is 9.47 Å². The van der Waals surface area contributed by atoms with Gasteiger partial charge in [0.15, 0.2) is 5.78 Å². The van der Waals surface area contributed by atoms with Crippen molar-refractivity contribution < 1.29 is 14.3 Å². The zero-order valence-electron chi connectivity index (χ0n) is 11.0. The minimum absolute atomic E-state index is 0.0185. The monoisotopic (exact) mass is 380 g/mol. The van der Waals surface area contributed by atoms with Crippen LogP contribution < -0.4 is 4.74 Å². The van der Waals surface area contributed by atoms with Gasteiger partial charge in [-0.25, -0.2) is 0 Å². The summed E-state index contributed by atoms with van der Waals surface area (Å²) in [5.74, 6) is 0.585. The Morgan fingerprint density at radius 3 is 2.75 bits per heavy atom. The summed E-state index contributed by atoms with van der Waals surface area (Å²) in [6.45, 7) is 1.22. The van der Waals surface area contributed by atoms with Gasteiger partial charge < -0.3 is 9.47 Å². The number of halogens is 1. The summed E-state index contributed by atoms with van der Waals surface area (Å²) in [5, 5.41) is 0. The number of hydrogen-bond donors (Lipinski definition) is 0. The van der Waals surface area contributed by atoms with E-state index >= 15 is 0 Å². The largest absolute Gasteiger partial charge is 0.496 e. The van der Waals surface area contributed by atoms with Gasteiger partial charge in [-0.2, -0.15) is 0 Å². The molecule has 2 aromatic rings. The molecule has 20 heavy (non-hydrogen) atoms. The van der Waals surface area contributed by atoms with Crippen molar-refractivity contribution in [3.05, 3.63) is 62.2 Å². The molecule has 0 unspecified atom stereocenters. The maximum atomic E-state index is 12.7. The van der Waals surface area contributed by atoms with E-state index in [0.717, 1.165) is 14.7 Å². The smallest absolute Gasteiger partial charge is 0.196 e. The normalized spacial score (nSPS) is 13.1. The maximum Gasteiger partial charge on any atom is 0.196 e. The third kappa shape index (κ3) is 2.45. The van der Waals surface area contributed by atoms with Crippen molar-refractivity contribution in [2.75, 3.05) is 7.11 Å². The van der Waals surface area contributed by atoms with Crippen LogP contribution in [0, 0.1) is 3.57 Å². The fourth-order valence-corrected chi connectivity index (χ4v) is 2.82. The second-order valence-electron chi connectivity index (χ2n) is 4.65. The number of fused-ring (bicyclic) bond motifs is 1. The summed E-state index contributed by atoms with van der Waals surface area (Å²) in [4.78, 5) is 12.7. The van der Waals surface area contributed by atoms with E-state index in [1.807, 2.05) is 36.4 Å². The molecule has 0 amide bonds. The predicted octanol–water partition coefficient (Wildman–Crippen LogP) is 3.56. The minimum atomic E-state index is -0.0185. The van der Waals surface area contributed by atoms with Crippen LogP contribution in [0.15, 0.2) is 36.4 Å². The molecule has 102 valence electrons. The van der Waals surface area contributed by atoms with Crippen molar-refractivity contribution in [3.63, 3.8) is 0 Å². The Balaban J connectivity index is 2.02. The van der Waals surface area contributed by atoms with E-state index in [9.17, 15) is 4.79 Å². The number of ketones is 1. The van der Waals surface area contributed by atoms with Crippen LogP contribution in [0.3, 0.4) is 0 Å². The molecule has 3 nitrogen and oxygen atoms in total. The van der Waals surface area contributed by atoms with Crippen LogP contribution in [-0.2, 0) is 18.0 Å². The molecule has 0 fully saturated rings. The Hall–Kier alpha value is -1.40.